The van der Waals surface area contributed by atoms with Crippen molar-refractivity contribution < 1.29 is 27.8 Å². The lowest BCUT2D eigenvalue weighted by Gasteiger charge is -2.37. The Balaban J connectivity index is 2.30. The zero-order chi connectivity index (χ0) is 12.7. The third-order valence-corrected chi connectivity index (χ3v) is 3.05. The average molecular weight is 313 g/mol. The third kappa shape index (κ3) is 2.72. The summed E-state index contributed by atoms with van der Waals surface area (Å²) in [5.74, 6) is -0.365. The van der Waals surface area contributed by atoms with Crippen LogP contribution in [0.4, 0.5) is 13.2 Å². The van der Waals surface area contributed by atoms with Crippen LogP contribution in [0.15, 0.2) is 22.7 Å². The van der Waals surface area contributed by atoms with Crippen LogP contribution in [0.2, 0.25) is 0 Å². The average Bonchev–Trinajstić information content (AvgIpc) is 2.15. The first-order valence-corrected chi connectivity index (χ1v) is 5.45. The van der Waals surface area contributed by atoms with E-state index >= 15 is 0 Å². The summed E-state index contributed by atoms with van der Waals surface area (Å²) in [5, 5.41) is 9.99. The molecule has 1 aromatic carbocycles. The standard InChI is InChI=1S/C10H8BrF3O3/c11-8-2-1-6(17-10(12,13)14)3-7(8)9(15)4-16-5-9/h1-3,15H,4-5H2. The molecule has 94 valence electrons. The van der Waals surface area contributed by atoms with Gasteiger partial charge >= 0.3 is 6.36 Å². The number of hydrogen-bond donors (Lipinski definition) is 1. The van der Waals surface area contributed by atoms with E-state index in [0.29, 0.717) is 10.0 Å². The van der Waals surface area contributed by atoms with Crippen LogP contribution in [-0.2, 0) is 10.3 Å². The molecule has 3 nitrogen and oxygen atoms in total. The first kappa shape index (κ1) is 12.7. The summed E-state index contributed by atoms with van der Waals surface area (Å²) in [7, 11) is 0. The van der Waals surface area contributed by atoms with Crippen molar-refractivity contribution in [3.8, 4) is 5.75 Å². The quantitative estimate of drug-likeness (QED) is 0.912. The molecular formula is C10H8BrF3O3. The van der Waals surface area contributed by atoms with Crippen LogP contribution in [0.25, 0.3) is 0 Å². The zero-order valence-corrected chi connectivity index (χ0v) is 10.0. The molecule has 0 atom stereocenters. The third-order valence-electron chi connectivity index (χ3n) is 2.35. The molecule has 0 aliphatic carbocycles. The predicted molar refractivity (Wildman–Crippen MR) is 55.5 cm³/mol. The lowest BCUT2D eigenvalue weighted by Crippen LogP contribution is -2.46. The first-order valence-electron chi connectivity index (χ1n) is 4.66. The highest BCUT2D eigenvalue weighted by Crippen LogP contribution is 2.37. The molecule has 1 N–H and O–H groups in total. The van der Waals surface area contributed by atoms with Gasteiger partial charge in [0.2, 0.25) is 0 Å². The van der Waals surface area contributed by atoms with Crippen molar-refractivity contribution in [2.45, 2.75) is 12.0 Å². The Kier molecular flexibility index (Phi) is 3.09. The van der Waals surface area contributed by atoms with E-state index in [1.165, 1.54) is 12.1 Å². The largest absolute Gasteiger partial charge is 0.573 e. The second kappa shape index (κ2) is 4.15. The molecule has 0 unspecified atom stereocenters. The normalized spacial score (nSPS) is 18.6. The van der Waals surface area contributed by atoms with Crippen molar-refractivity contribution >= 4 is 15.9 Å². The number of benzene rings is 1. The second-order valence-corrected chi connectivity index (χ2v) is 4.57. The lowest BCUT2D eigenvalue weighted by molar-refractivity contribution is -0.274. The molecule has 1 heterocycles. The molecule has 1 aliphatic heterocycles. The van der Waals surface area contributed by atoms with E-state index in [2.05, 4.69) is 20.7 Å². The fourth-order valence-electron chi connectivity index (χ4n) is 1.51. The van der Waals surface area contributed by atoms with E-state index < -0.39 is 12.0 Å². The molecule has 0 aromatic heterocycles. The van der Waals surface area contributed by atoms with E-state index in [9.17, 15) is 18.3 Å². The van der Waals surface area contributed by atoms with Crippen molar-refractivity contribution in [2.75, 3.05) is 13.2 Å². The van der Waals surface area contributed by atoms with Crippen LogP contribution in [-0.4, -0.2) is 24.7 Å². The minimum atomic E-state index is -4.75. The molecule has 0 bridgehead atoms. The first-order chi connectivity index (χ1) is 7.80. The van der Waals surface area contributed by atoms with Crippen molar-refractivity contribution in [1.29, 1.82) is 0 Å². The van der Waals surface area contributed by atoms with Crippen molar-refractivity contribution in [1.82, 2.24) is 0 Å². The summed E-state index contributed by atoms with van der Waals surface area (Å²) in [6.45, 7) is 0.113. The molecule has 1 fully saturated rings. The van der Waals surface area contributed by atoms with E-state index in [4.69, 9.17) is 4.74 Å². The molecule has 7 heteroatoms. The number of ether oxygens (including phenoxy) is 2. The van der Waals surface area contributed by atoms with Gasteiger partial charge in [-0.3, -0.25) is 0 Å². The molecule has 1 aliphatic rings. The highest BCUT2D eigenvalue weighted by Gasteiger charge is 2.40. The highest BCUT2D eigenvalue weighted by molar-refractivity contribution is 9.10. The fourth-order valence-corrected chi connectivity index (χ4v) is 2.12. The highest BCUT2D eigenvalue weighted by atomic mass is 79.9. The van der Waals surface area contributed by atoms with Gasteiger partial charge in [-0.2, -0.15) is 0 Å². The van der Waals surface area contributed by atoms with Gasteiger partial charge in [-0.1, -0.05) is 15.9 Å². The molecule has 0 radical (unpaired) electrons. The van der Waals surface area contributed by atoms with E-state index in [1.54, 1.807) is 0 Å². The Morgan fingerprint density at radius 1 is 1.35 bits per heavy atom. The predicted octanol–water partition coefficient (Wildman–Crippen LogP) is 2.57. The van der Waals surface area contributed by atoms with Gasteiger partial charge < -0.3 is 14.6 Å². The van der Waals surface area contributed by atoms with Gasteiger partial charge in [0.15, 0.2) is 0 Å². The minimum absolute atomic E-state index is 0.0566. The Bertz CT molecular complexity index is 429. The smallest absolute Gasteiger partial charge is 0.406 e. The van der Waals surface area contributed by atoms with Gasteiger partial charge in [0.05, 0.1) is 13.2 Å². The summed E-state index contributed by atoms with van der Waals surface area (Å²) >= 11 is 3.17. The molecule has 0 spiro atoms. The Morgan fingerprint density at radius 3 is 2.47 bits per heavy atom. The van der Waals surface area contributed by atoms with Gasteiger partial charge in [-0.25, -0.2) is 0 Å². The lowest BCUT2D eigenvalue weighted by atomic mass is 9.92. The zero-order valence-electron chi connectivity index (χ0n) is 8.42. The summed E-state index contributed by atoms with van der Waals surface area (Å²) < 4.78 is 45.3. The van der Waals surface area contributed by atoms with Gasteiger partial charge in [-0.05, 0) is 18.2 Å². The van der Waals surface area contributed by atoms with E-state index in [0.717, 1.165) is 6.07 Å². The van der Waals surface area contributed by atoms with Gasteiger partial charge in [0.25, 0.3) is 0 Å². The number of hydrogen-bond acceptors (Lipinski definition) is 3. The van der Waals surface area contributed by atoms with Crippen LogP contribution >= 0.6 is 15.9 Å². The molecule has 1 aromatic rings. The molecule has 0 saturated carbocycles. The summed E-state index contributed by atoms with van der Waals surface area (Å²) in [6, 6.07) is 3.72. The van der Waals surface area contributed by atoms with E-state index in [1.807, 2.05) is 0 Å². The van der Waals surface area contributed by atoms with Crippen molar-refractivity contribution in [3.63, 3.8) is 0 Å². The maximum Gasteiger partial charge on any atom is 0.573 e. The van der Waals surface area contributed by atoms with Crippen LogP contribution < -0.4 is 4.74 Å². The van der Waals surface area contributed by atoms with E-state index in [-0.39, 0.29) is 19.0 Å². The summed E-state index contributed by atoms with van der Waals surface area (Å²) in [4.78, 5) is 0. The molecule has 17 heavy (non-hydrogen) atoms. The minimum Gasteiger partial charge on any atom is -0.406 e. The van der Waals surface area contributed by atoms with Crippen molar-refractivity contribution in [3.05, 3.63) is 28.2 Å². The molecule has 0 amide bonds. The SMILES string of the molecule is OC1(c2cc(OC(F)(F)F)ccc2Br)COC1. The number of halogens is 4. The number of rotatable bonds is 2. The summed E-state index contributed by atoms with van der Waals surface area (Å²) in [6.07, 6.45) is -4.75. The Morgan fingerprint density at radius 2 is 2.00 bits per heavy atom. The fraction of sp³-hybridized carbons (Fsp3) is 0.400. The topological polar surface area (TPSA) is 38.7 Å². The number of aliphatic hydroxyl groups is 1. The van der Waals surface area contributed by atoms with Gasteiger partial charge in [-0.15, -0.1) is 13.2 Å². The van der Waals surface area contributed by atoms with Crippen molar-refractivity contribution in [2.24, 2.45) is 0 Å². The maximum absolute atomic E-state index is 12.0. The van der Waals surface area contributed by atoms with Gasteiger partial charge in [0.1, 0.15) is 11.4 Å². The molecule has 2 rings (SSSR count). The number of alkyl halides is 3. The van der Waals surface area contributed by atoms with Crippen LogP contribution in [0.3, 0.4) is 0 Å². The maximum atomic E-state index is 12.0. The van der Waals surface area contributed by atoms with Crippen LogP contribution in [0, 0.1) is 0 Å². The second-order valence-electron chi connectivity index (χ2n) is 3.71. The Hall–Kier alpha value is -0.790. The monoisotopic (exact) mass is 312 g/mol. The van der Waals surface area contributed by atoms with Crippen LogP contribution in [0.5, 0.6) is 5.75 Å². The van der Waals surface area contributed by atoms with Gasteiger partial charge in [0, 0.05) is 10.0 Å². The Labute approximate surface area is 103 Å². The van der Waals surface area contributed by atoms with Crippen LogP contribution in [0.1, 0.15) is 5.56 Å². The summed E-state index contributed by atoms with van der Waals surface area (Å²) in [5.41, 5.74) is -0.922. The molecular weight excluding hydrogens is 305 g/mol. The molecule has 1 saturated heterocycles.